The fraction of sp³-hybridized carbons (Fsp3) is 0.500. The molecule has 1 unspecified atom stereocenters. The Balaban J connectivity index is 1.80. The summed E-state index contributed by atoms with van der Waals surface area (Å²) in [6.45, 7) is 3.61. The van der Waals surface area contributed by atoms with Gasteiger partial charge >= 0.3 is 0 Å². The zero-order valence-electron chi connectivity index (χ0n) is 10.8. The average molecular weight is 247 g/mol. The SMILES string of the molecule is CC(=O)Nc1ccc(NCC2CCCCN2)cc1. The van der Waals surface area contributed by atoms with E-state index in [0.717, 1.165) is 24.5 Å². The topological polar surface area (TPSA) is 53.2 Å². The Kier molecular flexibility index (Phi) is 4.59. The Morgan fingerprint density at radius 3 is 2.61 bits per heavy atom. The summed E-state index contributed by atoms with van der Waals surface area (Å²) in [5, 5.41) is 9.69. The van der Waals surface area contributed by atoms with Gasteiger partial charge in [0.15, 0.2) is 0 Å². The van der Waals surface area contributed by atoms with Crippen LogP contribution >= 0.6 is 0 Å². The third-order valence-corrected chi connectivity index (χ3v) is 3.17. The quantitative estimate of drug-likeness (QED) is 0.764. The monoisotopic (exact) mass is 247 g/mol. The number of anilines is 2. The molecular weight excluding hydrogens is 226 g/mol. The van der Waals surface area contributed by atoms with E-state index in [0.29, 0.717) is 6.04 Å². The van der Waals surface area contributed by atoms with Crippen LogP contribution in [0.4, 0.5) is 11.4 Å². The normalized spacial score (nSPS) is 19.3. The van der Waals surface area contributed by atoms with Crippen LogP contribution in [0.5, 0.6) is 0 Å². The highest BCUT2D eigenvalue weighted by atomic mass is 16.1. The minimum atomic E-state index is -0.0397. The van der Waals surface area contributed by atoms with Gasteiger partial charge in [-0.2, -0.15) is 0 Å². The highest BCUT2D eigenvalue weighted by Gasteiger charge is 2.11. The van der Waals surface area contributed by atoms with E-state index >= 15 is 0 Å². The number of hydrogen-bond donors (Lipinski definition) is 3. The molecule has 4 heteroatoms. The van der Waals surface area contributed by atoms with Gasteiger partial charge in [-0.3, -0.25) is 4.79 Å². The number of hydrogen-bond acceptors (Lipinski definition) is 3. The van der Waals surface area contributed by atoms with Crippen molar-refractivity contribution in [2.75, 3.05) is 23.7 Å². The molecule has 0 aliphatic carbocycles. The van der Waals surface area contributed by atoms with Crippen LogP contribution in [0.25, 0.3) is 0 Å². The van der Waals surface area contributed by atoms with Gasteiger partial charge in [0, 0.05) is 30.9 Å². The molecule has 98 valence electrons. The van der Waals surface area contributed by atoms with Crippen LogP contribution in [0, 0.1) is 0 Å². The zero-order chi connectivity index (χ0) is 12.8. The molecule has 1 aromatic carbocycles. The maximum absolute atomic E-state index is 10.9. The molecule has 1 amide bonds. The number of nitrogens with one attached hydrogen (secondary N) is 3. The largest absolute Gasteiger partial charge is 0.383 e. The Bertz CT molecular complexity index is 383. The van der Waals surface area contributed by atoms with Gasteiger partial charge in [0.25, 0.3) is 0 Å². The molecule has 0 bridgehead atoms. The van der Waals surface area contributed by atoms with Gasteiger partial charge in [-0.1, -0.05) is 6.42 Å². The minimum absolute atomic E-state index is 0.0397. The molecule has 3 N–H and O–H groups in total. The second-order valence-electron chi connectivity index (χ2n) is 4.79. The number of carbonyl (C=O) groups is 1. The number of piperidine rings is 1. The number of benzene rings is 1. The predicted molar refractivity (Wildman–Crippen MR) is 74.9 cm³/mol. The molecule has 1 heterocycles. The van der Waals surface area contributed by atoms with Crippen LogP contribution in [0.15, 0.2) is 24.3 Å². The molecule has 0 aromatic heterocycles. The van der Waals surface area contributed by atoms with E-state index in [1.807, 2.05) is 24.3 Å². The molecule has 0 radical (unpaired) electrons. The van der Waals surface area contributed by atoms with Crippen molar-refractivity contribution < 1.29 is 4.79 Å². The van der Waals surface area contributed by atoms with Crippen LogP contribution in [0.1, 0.15) is 26.2 Å². The summed E-state index contributed by atoms with van der Waals surface area (Å²) >= 11 is 0. The molecule has 0 saturated carbocycles. The molecule has 4 nitrogen and oxygen atoms in total. The van der Waals surface area contributed by atoms with Crippen molar-refractivity contribution >= 4 is 17.3 Å². The first-order valence-electron chi connectivity index (χ1n) is 6.59. The summed E-state index contributed by atoms with van der Waals surface area (Å²) < 4.78 is 0. The Morgan fingerprint density at radius 1 is 1.28 bits per heavy atom. The van der Waals surface area contributed by atoms with Crippen molar-refractivity contribution in [1.82, 2.24) is 5.32 Å². The maximum Gasteiger partial charge on any atom is 0.221 e. The van der Waals surface area contributed by atoms with Gasteiger partial charge in [0.05, 0.1) is 0 Å². The number of carbonyl (C=O) groups excluding carboxylic acids is 1. The van der Waals surface area contributed by atoms with Crippen molar-refractivity contribution in [3.8, 4) is 0 Å². The minimum Gasteiger partial charge on any atom is -0.383 e. The lowest BCUT2D eigenvalue weighted by Gasteiger charge is -2.24. The molecule has 1 aromatic rings. The molecule has 2 rings (SSSR count). The second kappa shape index (κ2) is 6.40. The van der Waals surface area contributed by atoms with Crippen LogP contribution in [-0.2, 0) is 4.79 Å². The van der Waals surface area contributed by atoms with E-state index in [4.69, 9.17) is 0 Å². The molecule has 1 aliphatic heterocycles. The standard InChI is InChI=1S/C14H21N3O/c1-11(18)17-13-7-5-12(6-8-13)16-10-14-4-2-3-9-15-14/h5-8,14-16H,2-4,9-10H2,1H3,(H,17,18). The van der Waals surface area contributed by atoms with Gasteiger partial charge in [0.2, 0.25) is 5.91 Å². The molecule has 1 aliphatic rings. The molecule has 1 fully saturated rings. The number of amides is 1. The summed E-state index contributed by atoms with van der Waals surface area (Å²) in [7, 11) is 0. The van der Waals surface area contributed by atoms with Crippen molar-refractivity contribution in [2.24, 2.45) is 0 Å². The van der Waals surface area contributed by atoms with Gasteiger partial charge in [-0.15, -0.1) is 0 Å². The number of rotatable bonds is 4. The first-order valence-corrected chi connectivity index (χ1v) is 6.59. The lowest BCUT2D eigenvalue weighted by molar-refractivity contribution is -0.114. The van der Waals surface area contributed by atoms with E-state index in [9.17, 15) is 4.79 Å². The third-order valence-electron chi connectivity index (χ3n) is 3.17. The van der Waals surface area contributed by atoms with E-state index in [2.05, 4.69) is 16.0 Å². The van der Waals surface area contributed by atoms with Crippen LogP contribution < -0.4 is 16.0 Å². The highest BCUT2D eigenvalue weighted by Crippen LogP contribution is 2.14. The molecule has 1 saturated heterocycles. The van der Waals surface area contributed by atoms with Crippen molar-refractivity contribution in [3.05, 3.63) is 24.3 Å². The third kappa shape index (κ3) is 4.04. The van der Waals surface area contributed by atoms with Gasteiger partial charge in [-0.25, -0.2) is 0 Å². The molecule has 1 atom stereocenters. The zero-order valence-corrected chi connectivity index (χ0v) is 10.8. The summed E-state index contributed by atoms with van der Waals surface area (Å²) in [5.74, 6) is -0.0397. The Labute approximate surface area is 108 Å². The van der Waals surface area contributed by atoms with Crippen LogP contribution in [-0.4, -0.2) is 25.0 Å². The fourth-order valence-electron chi connectivity index (χ4n) is 2.21. The molecule has 0 spiro atoms. The van der Waals surface area contributed by atoms with E-state index in [1.165, 1.54) is 26.2 Å². The lowest BCUT2D eigenvalue weighted by Crippen LogP contribution is -2.39. The Morgan fingerprint density at radius 2 is 2.00 bits per heavy atom. The first kappa shape index (κ1) is 12.9. The first-order chi connectivity index (χ1) is 8.74. The Hall–Kier alpha value is -1.55. The van der Waals surface area contributed by atoms with E-state index < -0.39 is 0 Å². The van der Waals surface area contributed by atoms with E-state index in [-0.39, 0.29) is 5.91 Å². The summed E-state index contributed by atoms with van der Waals surface area (Å²) in [6.07, 6.45) is 3.86. The summed E-state index contributed by atoms with van der Waals surface area (Å²) in [4.78, 5) is 10.9. The predicted octanol–water partition coefficient (Wildman–Crippen LogP) is 2.20. The van der Waals surface area contributed by atoms with Crippen molar-refractivity contribution in [2.45, 2.75) is 32.2 Å². The van der Waals surface area contributed by atoms with Crippen molar-refractivity contribution in [3.63, 3.8) is 0 Å². The smallest absolute Gasteiger partial charge is 0.221 e. The van der Waals surface area contributed by atoms with Crippen LogP contribution in [0.2, 0.25) is 0 Å². The second-order valence-corrected chi connectivity index (χ2v) is 4.79. The highest BCUT2D eigenvalue weighted by molar-refractivity contribution is 5.88. The summed E-state index contributed by atoms with van der Waals surface area (Å²) in [5.41, 5.74) is 1.93. The fourth-order valence-corrected chi connectivity index (χ4v) is 2.21. The van der Waals surface area contributed by atoms with Crippen LogP contribution in [0.3, 0.4) is 0 Å². The van der Waals surface area contributed by atoms with Crippen molar-refractivity contribution in [1.29, 1.82) is 0 Å². The van der Waals surface area contributed by atoms with Gasteiger partial charge in [-0.05, 0) is 43.7 Å². The maximum atomic E-state index is 10.9. The van der Waals surface area contributed by atoms with Gasteiger partial charge < -0.3 is 16.0 Å². The molecular formula is C14H21N3O. The van der Waals surface area contributed by atoms with E-state index in [1.54, 1.807) is 0 Å². The summed E-state index contributed by atoms with van der Waals surface area (Å²) in [6, 6.07) is 8.40. The average Bonchev–Trinajstić information content (AvgIpc) is 2.38. The lowest BCUT2D eigenvalue weighted by atomic mass is 10.1. The molecule has 18 heavy (non-hydrogen) atoms. The van der Waals surface area contributed by atoms with Gasteiger partial charge in [0.1, 0.15) is 0 Å².